The van der Waals surface area contributed by atoms with E-state index in [1.165, 1.54) is 35.3 Å². The van der Waals surface area contributed by atoms with Crippen molar-refractivity contribution < 1.29 is 0 Å². The third-order valence-corrected chi connectivity index (χ3v) is 5.37. The van der Waals surface area contributed by atoms with Crippen molar-refractivity contribution in [2.75, 3.05) is 7.05 Å². The lowest BCUT2D eigenvalue weighted by Crippen LogP contribution is -2.17. The summed E-state index contributed by atoms with van der Waals surface area (Å²) in [6.07, 6.45) is 5.01. The van der Waals surface area contributed by atoms with Gasteiger partial charge in [-0.15, -0.1) is 11.3 Å². The van der Waals surface area contributed by atoms with Crippen molar-refractivity contribution in [1.82, 2.24) is 5.32 Å². The molecule has 0 saturated carbocycles. The Hall–Kier alpha value is -1.12. The quantitative estimate of drug-likeness (QED) is 0.884. The molecule has 2 heteroatoms. The first-order valence-electron chi connectivity index (χ1n) is 7.10. The zero-order valence-electron chi connectivity index (χ0n) is 11.7. The summed E-state index contributed by atoms with van der Waals surface area (Å²) in [5.74, 6) is 0. The lowest BCUT2D eigenvalue weighted by molar-refractivity contribution is 0.601. The maximum atomic E-state index is 3.48. The van der Waals surface area contributed by atoms with Crippen molar-refractivity contribution in [3.8, 4) is 0 Å². The lowest BCUT2D eigenvalue weighted by Gasteiger charge is -2.15. The number of fused-ring (bicyclic) bond motifs is 1. The van der Waals surface area contributed by atoms with Gasteiger partial charge in [0.2, 0.25) is 0 Å². The second kappa shape index (κ2) is 5.48. The van der Waals surface area contributed by atoms with E-state index in [-0.39, 0.29) is 0 Å². The van der Waals surface area contributed by atoms with Crippen LogP contribution in [-0.4, -0.2) is 7.05 Å². The highest BCUT2D eigenvalue weighted by atomic mass is 32.1. The van der Waals surface area contributed by atoms with Crippen LogP contribution in [0.3, 0.4) is 0 Å². The number of aryl methyl sites for hydroxylation is 3. The van der Waals surface area contributed by atoms with Crippen LogP contribution < -0.4 is 5.32 Å². The summed E-state index contributed by atoms with van der Waals surface area (Å²) in [5, 5.41) is 3.48. The standard InChI is InChI=1S/C17H21NS/c1-12-6-8-13(9-7-12)10-15(18-2)17-11-14-4-3-5-16(14)19-17/h6-9,11,15,18H,3-5,10H2,1-2H3. The van der Waals surface area contributed by atoms with Crippen LogP contribution >= 0.6 is 11.3 Å². The molecule has 1 N–H and O–H groups in total. The molecule has 0 saturated heterocycles. The molecule has 1 heterocycles. The van der Waals surface area contributed by atoms with Crippen molar-refractivity contribution in [2.24, 2.45) is 0 Å². The minimum Gasteiger partial charge on any atom is -0.312 e. The van der Waals surface area contributed by atoms with Gasteiger partial charge in [-0.1, -0.05) is 29.8 Å². The molecule has 0 bridgehead atoms. The van der Waals surface area contributed by atoms with Crippen LogP contribution in [0, 0.1) is 6.92 Å². The fourth-order valence-electron chi connectivity index (χ4n) is 2.83. The lowest BCUT2D eigenvalue weighted by atomic mass is 10.0. The zero-order chi connectivity index (χ0) is 13.2. The summed E-state index contributed by atoms with van der Waals surface area (Å²) in [6, 6.07) is 11.8. The molecule has 1 nitrogen and oxygen atoms in total. The summed E-state index contributed by atoms with van der Waals surface area (Å²) in [7, 11) is 2.07. The predicted octanol–water partition coefficient (Wildman–Crippen LogP) is 4.05. The Morgan fingerprint density at radius 3 is 2.68 bits per heavy atom. The van der Waals surface area contributed by atoms with Gasteiger partial charge in [0, 0.05) is 15.8 Å². The average Bonchev–Trinajstić information content (AvgIpc) is 2.99. The van der Waals surface area contributed by atoms with Crippen LogP contribution in [0.5, 0.6) is 0 Å². The molecule has 0 aliphatic heterocycles. The summed E-state index contributed by atoms with van der Waals surface area (Å²) >= 11 is 2.01. The monoisotopic (exact) mass is 271 g/mol. The summed E-state index contributed by atoms with van der Waals surface area (Å²) in [4.78, 5) is 3.13. The van der Waals surface area contributed by atoms with Gasteiger partial charge in [0.15, 0.2) is 0 Å². The first-order valence-corrected chi connectivity index (χ1v) is 7.92. The number of hydrogen-bond donors (Lipinski definition) is 1. The van der Waals surface area contributed by atoms with Gasteiger partial charge < -0.3 is 5.32 Å². The third kappa shape index (κ3) is 2.75. The Bertz CT molecular complexity index is 532. The molecule has 0 radical (unpaired) electrons. The second-order valence-electron chi connectivity index (χ2n) is 5.48. The van der Waals surface area contributed by atoms with E-state index in [4.69, 9.17) is 0 Å². The summed E-state index contributed by atoms with van der Waals surface area (Å²) in [6.45, 7) is 2.14. The molecular weight excluding hydrogens is 250 g/mol. The van der Waals surface area contributed by atoms with Crippen molar-refractivity contribution in [2.45, 2.75) is 38.6 Å². The van der Waals surface area contributed by atoms with E-state index in [2.05, 4.69) is 49.6 Å². The second-order valence-corrected chi connectivity index (χ2v) is 6.65. The normalized spacial score (nSPS) is 15.5. The molecule has 0 amide bonds. The average molecular weight is 271 g/mol. The fraction of sp³-hybridized carbons (Fsp3) is 0.412. The summed E-state index contributed by atoms with van der Waals surface area (Å²) in [5.41, 5.74) is 4.35. The number of hydrogen-bond acceptors (Lipinski definition) is 2. The number of thiophene rings is 1. The van der Waals surface area contributed by atoms with Crippen LogP contribution in [0.15, 0.2) is 30.3 Å². The van der Waals surface area contributed by atoms with E-state index in [9.17, 15) is 0 Å². The molecule has 2 aromatic rings. The zero-order valence-corrected chi connectivity index (χ0v) is 12.5. The van der Waals surface area contributed by atoms with Crippen LogP contribution in [0.2, 0.25) is 0 Å². The van der Waals surface area contributed by atoms with Gasteiger partial charge in [0.1, 0.15) is 0 Å². The highest BCUT2D eigenvalue weighted by Gasteiger charge is 2.19. The van der Waals surface area contributed by atoms with E-state index >= 15 is 0 Å². The summed E-state index contributed by atoms with van der Waals surface area (Å²) < 4.78 is 0. The molecule has 1 aromatic heterocycles. The number of likely N-dealkylation sites (N-methyl/N-ethyl adjacent to an activating group) is 1. The van der Waals surface area contributed by atoms with Gasteiger partial charge in [-0.3, -0.25) is 0 Å². The van der Waals surface area contributed by atoms with Gasteiger partial charge in [0.05, 0.1) is 0 Å². The van der Waals surface area contributed by atoms with Crippen molar-refractivity contribution in [1.29, 1.82) is 0 Å². The first kappa shape index (κ1) is 12.9. The molecule has 3 rings (SSSR count). The topological polar surface area (TPSA) is 12.0 Å². The van der Waals surface area contributed by atoms with Gasteiger partial charge in [0.25, 0.3) is 0 Å². The third-order valence-electron chi connectivity index (χ3n) is 4.02. The van der Waals surface area contributed by atoms with Crippen molar-refractivity contribution in [3.63, 3.8) is 0 Å². The maximum absolute atomic E-state index is 3.48. The SMILES string of the molecule is CNC(Cc1ccc(C)cc1)c1cc2c(s1)CCC2. The predicted molar refractivity (Wildman–Crippen MR) is 83.0 cm³/mol. The van der Waals surface area contributed by atoms with Crippen LogP contribution in [0.1, 0.15) is 38.9 Å². The maximum Gasteiger partial charge on any atom is 0.0453 e. The van der Waals surface area contributed by atoms with E-state index in [1.807, 2.05) is 11.3 Å². The smallest absolute Gasteiger partial charge is 0.0453 e. The Balaban J connectivity index is 1.78. The Morgan fingerprint density at radius 1 is 1.21 bits per heavy atom. The highest BCUT2D eigenvalue weighted by molar-refractivity contribution is 7.12. The van der Waals surface area contributed by atoms with Crippen LogP contribution in [0.4, 0.5) is 0 Å². The molecule has 1 aliphatic carbocycles. The Morgan fingerprint density at radius 2 is 2.00 bits per heavy atom. The van der Waals surface area contributed by atoms with Gasteiger partial charge in [-0.2, -0.15) is 0 Å². The van der Waals surface area contributed by atoms with E-state index < -0.39 is 0 Å². The fourth-order valence-corrected chi connectivity index (χ4v) is 4.20. The number of nitrogens with one attached hydrogen (secondary N) is 1. The van der Waals surface area contributed by atoms with Gasteiger partial charge >= 0.3 is 0 Å². The van der Waals surface area contributed by atoms with E-state index in [1.54, 1.807) is 10.4 Å². The van der Waals surface area contributed by atoms with Crippen molar-refractivity contribution >= 4 is 11.3 Å². The van der Waals surface area contributed by atoms with Crippen molar-refractivity contribution in [3.05, 3.63) is 56.8 Å². The molecule has 19 heavy (non-hydrogen) atoms. The highest BCUT2D eigenvalue weighted by Crippen LogP contribution is 2.34. The largest absolute Gasteiger partial charge is 0.312 e. The molecule has 1 aromatic carbocycles. The van der Waals surface area contributed by atoms with Gasteiger partial charge in [-0.05, 0) is 56.8 Å². The van der Waals surface area contributed by atoms with Gasteiger partial charge in [-0.25, -0.2) is 0 Å². The molecular formula is C17H21NS. The first-order chi connectivity index (χ1) is 9.26. The molecule has 1 aliphatic rings. The Labute approximate surface area is 119 Å². The molecule has 0 fully saturated rings. The number of rotatable bonds is 4. The molecule has 100 valence electrons. The van der Waals surface area contributed by atoms with Crippen LogP contribution in [-0.2, 0) is 19.3 Å². The molecule has 1 unspecified atom stereocenters. The molecule has 1 atom stereocenters. The Kier molecular flexibility index (Phi) is 3.72. The van der Waals surface area contributed by atoms with Crippen LogP contribution in [0.25, 0.3) is 0 Å². The number of benzene rings is 1. The minimum atomic E-state index is 0.457. The van der Waals surface area contributed by atoms with E-state index in [0.29, 0.717) is 6.04 Å². The molecule has 0 spiro atoms. The van der Waals surface area contributed by atoms with E-state index in [0.717, 1.165) is 6.42 Å². The minimum absolute atomic E-state index is 0.457.